The smallest absolute Gasteiger partial charge is 0.129 e. The molecule has 0 unspecified atom stereocenters. The summed E-state index contributed by atoms with van der Waals surface area (Å²) < 4.78 is 0. The van der Waals surface area contributed by atoms with Crippen molar-refractivity contribution in [1.82, 2.24) is 0 Å². The average molecular weight is 185 g/mol. The van der Waals surface area contributed by atoms with Crippen molar-refractivity contribution in [3.8, 4) is 0 Å². The van der Waals surface area contributed by atoms with Gasteiger partial charge in [0.2, 0.25) is 0 Å². The van der Waals surface area contributed by atoms with E-state index in [1.165, 1.54) is 0 Å². The van der Waals surface area contributed by atoms with E-state index in [2.05, 4.69) is 25.9 Å². The molecule has 0 atom stereocenters. The highest BCUT2D eigenvalue weighted by Crippen LogP contribution is 2.19. The number of nitrogens with zero attached hydrogens (tertiary/aromatic N) is 1. The first-order valence-electron chi connectivity index (χ1n) is 4.82. The highest BCUT2D eigenvalue weighted by molar-refractivity contribution is 5.81. The molecule has 0 amide bonds. The molecule has 0 aromatic carbocycles. The summed E-state index contributed by atoms with van der Waals surface area (Å²) in [6.07, 6.45) is 0.975. The molecule has 0 aliphatic rings. The summed E-state index contributed by atoms with van der Waals surface area (Å²) in [4.78, 5) is 5.32. The molecule has 0 aromatic rings. The zero-order valence-corrected chi connectivity index (χ0v) is 10.1. The summed E-state index contributed by atoms with van der Waals surface area (Å²) in [5, 5.41) is 4.10. The summed E-state index contributed by atoms with van der Waals surface area (Å²) in [6, 6.07) is 0. The van der Waals surface area contributed by atoms with Crippen LogP contribution in [0.5, 0.6) is 0 Å². The monoisotopic (exact) mass is 185 g/mol. The quantitative estimate of drug-likeness (QED) is 0.475. The van der Waals surface area contributed by atoms with E-state index in [9.17, 15) is 0 Å². The van der Waals surface area contributed by atoms with Crippen LogP contribution in [0.2, 0.25) is 0 Å². The number of hydrogen-bond donors (Lipinski definition) is 0. The maximum atomic E-state index is 5.32. The maximum Gasteiger partial charge on any atom is 0.129 e. The predicted molar refractivity (Wildman–Crippen MR) is 58.0 cm³/mol. The van der Waals surface area contributed by atoms with Gasteiger partial charge in [-0.1, -0.05) is 25.9 Å². The van der Waals surface area contributed by atoms with E-state index >= 15 is 0 Å². The van der Waals surface area contributed by atoms with Crippen molar-refractivity contribution < 1.29 is 4.84 Å². The van der Waals surface area contributed by atoms with Gasteiger partial charge in [0.1, 0.15) is 5.60 Å². The Kier molecular flexibility index (Phi) is 3.95. The maximum absolute atomic E-state index is 5.32. The number of hydrogen-bond acceptors (Lipinski definition) is 2. The minimum Gasteiger partial charge on any atom is -0.390 e. The molecule has 2 heteroatoms. The Bertz CT molecular complexity index is 181. The first kappa shape index (κ1) is 12.5. The molecule has 0 N–H and O–H groups in total. The van der Waals surface area contributed by atoms with Crippen molar-refractivity contribution in [2.75, 3.05) is 0 Å². The first-order valence-corrected chi connectivity index (χ1v) is 4.82. The highest BCUT2D eigenvalue weighted by atomic mass is 16.6. The van der Waals surface area contributed by atoms with E-state index in [0.29, 0.717) is 0 Å². The third-order valence-electron chi connectivity index (χ3n) is 1.26. The lowest BCUT2D eigenvalue weighted by molar-refractivity contribution is 0.000135. The number of rotatable bonds is 2. The van der Waals surface area contributed by atoms with E-state index in [1.807, 2.05) is 27.7 Å². The third kappa shape index (κ3) is 9.38. The van der Waals surface area contributed by atoms with Crippen LogP contribution in [-0.4, -0.2) is 11.3 Å². The SMILES string of the molecule is C/C(CC(C)(C)C)=N\OC(C)(C)C. The van der Waals surface area contributed by atoms with Crippen LogP contribution in [0.1, 0.15) is 54.9 Å². The van der Waals surface area contributed by atoms with Gasteiger partial charge in [-0.2, -0.15) is 0 Å². The Labute approximate surface area is 82.4 Å². The summed E-state index contributed by atoms with van der Waals surface area (Å²) in [7, 11) is 0. The predicted octanol–water partition coefficient (Wildman–Crippen LogP) is 3.61. The molecule has 78 valence electrons. The third-order valence-corrected chi connectivity index (χ3v) is 1.26. The Hall–Kier alpha value is -0.530. The fourth-order valence-electron chi connectivity index (χ4n) is 1.01. The molecule has 0 spiro atoms. The first-order chi connectivity index (χ1) is 5.60. The Morgan fingerprint density at radius 1 is 1.08 bits per heavy atom. The minimum atomic E-state index is -0.181. The summed E-state index contributed by atoms with van der Waals surface area (Å²) in [5.74, 6) is 0. The molecule has 0 aliphatic carbocycles. The summed E-state index contributed by atoms with van der Waals surface area (Å²) in [5.41, 5.74) is 1.16. The van der Waals surface area contributed by atoms with Gasteiger partial charge in [-0.05, 0) is 39.5 Å². The second-order valence-electron chi connectivity index (χ2n) is 5.77. The van der Waals surface area contributed by atoms with E-state index in [-0.39, 0.29) is 11.0 Å². The van der Waals surface area contributed by atoms with Gasteiger partial charge < -0.3 is 4.84 Å². The van der Waals surface area contributed by atoms with Gasteiger partial charge in [0.15, 0.2) is 0 Å². The molecule has 0 aliphatic heterocycles. The normalized spacial score (nSPS) is 14.5. The number of oxime groups is 1. The van der Waals surface area contributed by atoms with Crippen LogP contribution < -0.4 is 0 Å². The van der Waals surface area contributed by atoms with E-state index in [0.717, 1.165) is 12.1 Å². The van der Waals surface area contributed by atoms with Crippen molar-refractivity contribution in [2.45, 2.75) is 60.5 Å². The van der Waals surface area contributed by atoms with Crippen LogP contribution in [0.25, 0.3) is 0 Å². The second-order valence-corrected chi connectivity index (χ2v) is 5.77. The molecule has 0 saturated heterocycles. The molecule has 0 heterocycles. The standard InChI is InChI=1S/C11H23NO/c1-9(8-10(2,3)4)12-13-11(5,6)7/h8H2,1-7H3/b12-9+. The molecule has 0 rings (SSSR count). The topological polar surface area (TPSA) is 21.6 Å². The van der Waals surface area contributed by atoms with Crippen LogP contribution in [-0.2, 0) is 4.84 Å². The van der Waals surface area contributed by atoms with Crippen molar-refractivity contribution in [3.05, 3.63) is 0 Å². The molecule has 0 bridgehead atoms. The van der Waals surface area contributed by atoms with Gasteiger partial charge in [-0.3, -0.25) is 0 Å². The largest absolute Gasteiger partial charge is 0.390 e. The molecular weight excluding hydrogens is 162 g/mol. The molecular formula is C11H23NO. The molecule has 0 fully saturated rings. The van der Waals surface area contributed by atoms with Gasteiger partial charge in [0.25, 0.3) is 0 Å². The lowest BCUT2D eigenvalue weighted by atomic mass is 9.90. The van der Waals surface area contributed by atoms with Crippen molar-refractivity contribution in [1.29, 1.82) is 0 Å². The molecule has 0 aromatic heterocycles. The molecule has 2 nitrogen and oxygen atoms in total. The highest BCUT2D eigenvalue weighted by Gasteiger charge is 2.14. The molecule has 13 heavy (non-hydrogen) atoms. The zero-order valence-electron chi connectivity index (χ0n) is 10.1. The van der Waals surface area contributed by atoms with Crippen molar-refractivity contribution in [2.24, 2.45) is 10.6 Å². The summed E-state index contributed by atoms with van der Waals surface area (Å²) in [6.45, 7) is 14.6. The lowest BCUT2D eigenvalue weighted by Crippen LogP contribution is -2.18. The second kappa shape index (κ2) is 4.12. The van der Waals surface area contributed by atoms with Crippen LogP contribution in [0.4, 0.5) is 0 Å². The Morgan fingerprint density at radius 2 is 1.54 bits per heavy atom. The van der Waals surface area contributed by atoms with E-state index in [4.69, 9.17) is 4.84 Å². The molecule has 0 saturated carbocycles. The van der Waals surface area contributed by atoms with Crippen LogP contribution >= 0.6 is 0 Å². The van der Waals surface area contributed by atoms with Crippen LogP contribution in [0.15, 0.2) is 5.16 Å². The zero-order chi connectivity index (χ0) is 10.7. The minimum absolute atomic E-state index is 0.181. The molecule has 0 radical (unpaired) electrons. The van der Waals surface area contributed by atoms with E-state index in [1.54, 1.807) is 0 Å². The Morgan fingerprint density at radius 3 is 1.85 bits per heavy atom. The fraction of sp³-hybridized carbons (Fsp3) is 0.909. The lowest BCUT2D eigenvalue weighted by Gasteiger charge is -2.20. The van der Waals surface area contributed by atoms with Gasteiger partial charge in [0, 0.05) is 0 Å². The van der Waals surface area contributed by atoms with Crippen LogP contribution in [0, 0.1) is 5.41 Å². The van der Waals surface area contributed by atoms with E-state index < -0.39 is 0 Å². The van der Waals surface area contributed by atoms with Gasteiger partial charge in [-0.15, -0.1) is 0 Å². The average Bonchev–Trinajstić information content (AvgIpc) is 1.78. The van der Waals surface area contributed by atoms with Gasteiger partial charge in [-0.25, -0.2) is 0 Å². The van der Waals surface area contributed by atoms with Crippen molar-refractivity contribution in [3.63, 3.8) is 0 Å². The van der Waals surface area contributed by atoms with Gasteiger partial charge in [0.05, 0.1) is 5.71 Å². The summed E-state index contributed by atoms with van der Waals surface area (Å²) >= 11 is 0. The van der Waals surface area contributed by atoms with Crippen molar-refractivity contribution >= 4 is 5.71 Å². The fourth-order valence-corrected chi connectivity index (χ4v) is 1.01. The van der Waals surface area contributed by atoms with Crippen LogP contribution in [0.3, 0.4) is 0 Å². The van der Waals surface area contributed by atoms with Gasteiger partial charge >= 0.3 is 0 Å². The Balaban J connectivity index is 4.05.